The van der Waals surface area contributed by atoms with Gasteiger partial charge < -0.3 is 14.8 Å². The van der Waals surface area contributed by atoms with Crippen LogP contribution >= 0.6 is 0 Å². The highest BCUT2D eigenvalue weighted by atomic mass is 16.5. The molecule has 1 amide bonds. The number of ether oxygens (including phenoxy) is 2. The van der Waals surface area contributed by atoms with Crippen LogP contribution in [0.3, 0.4) is 0 Å². The minimum absolute atomic E-state index is 0.0966. The number of nitrogens with zero attached hydrogens (tertiary/aromatic N) is 3. The molecule has 0 bridgehead atoms. The Kier molecular flexibility index (Phi) is 5.88. The maximum Gasteiger partial charge on any atom is 0.270 e. The number of aromatic nitrogens is 2. The summed E-state index contributed by atoms with van der Waals surface area (Å²) in [6.07, 6.45) is 2.77. The van der Waals surface area contributed by atoms with Crippen molar-refractivity contribution in [3.8, 4) is 5.75 Å². The van der Waals surface area contributed by atoms with Gasteiger partial charge in [0.25, 0.3) is 5.91 Å². The maximum absolute atomic E-state index is 12.6. The van der Waals surface area contributed by atoms with Crippen LogP contribution in [0.5, 0.6) is 5.75 Å². The summed E-state index contributed by atoms with van der Waals surface area (Å²) in [5.41, 5.74) is 1.96. The standard InChI is InChI=1S/C18H26N4O3/c1-3-25-15-6-4-9-22-16(14(2)20-17(15)22)18(23)19-7-5-8-21-10-12-24-13-11-21/h4,6,9H,3,5,7-8,10-13H2,1-2H3,(H,19,23). The van der Waals surface area contributed by atoms with Gasteiger partial charge >= 0.3 is 0 Å². The summed E-state index contributed by atoms with van der Waals surface area (Å²) >= 11 is 0. The first kappa shape index (κ1) is 17.7. The van der Waals surface area contributed by atoms with Crippen molar-refractivity contribution in [3.05, 3.63) is 29.7 Å². The smallest absolute Gasteiger partial charge is 0.270 e. The first-order chi connectivity index (χ1) is 12.2. The fourth-order valence-electron chi connectivity index (χ4n) is 3.11. The topological polar surface area (TPSA) is 68.1 Å². The number of morpholine rings is 1. The Morgan fingerprint density at radius 3 is 2.96 bits per heavy atom. The minimum Gasteiger partial charge on any atom is -0.490 e. The zero-order valence-corrected chi connectivity index (χ0v) is 15.0. The molecule has 1 N–H and O–H groups in total. The molecule has 0 atom stereocenters. The summed E-state index contributed by atoms with van der Waals surface area (Å²) in [4.78, 5) is 19.5. The highest BCUT2D eigenvalue weighted by Crippen LogP contribution is 2.22. The molecule has 1 saturated heterocycles. The molecule has 0 unspecified atom stereocenters. The summed E-state index contributed by atoms with van der Waals surface area (Å²) in [6.45, 7) is 9.52. The number of imidazole rings is 1. The third kappa shape index (κ3) is 4.11. The van der Waals surface area contributed by atoms with Crippen LogP contribution < -0.4 is 10.1 Å². The number of hydrogen-bond donors (Lipinski definition) is 1. The molecule has 2 aromatic rings. The van der Waals surface area contributed by atoms with Gasteiger partial charge in [0.1, 0.15) is 5.69 Å². The molecule has 0 saturated carbocycles. The predicted octanol–water partition coefficient (Wildman–Crippen LogP) is 1.49. The first-order valence-corrected chi connectivity index (χ1v) is 8.89. The first-order valence-electron chi connectivity index (χ1n) is 8.89. The summed E-state index contributed by atoms with van der Waals surface area (Å²) in [5, 5.41) is 3.01. The SMILES string of the molecule is CCOc1cccn2c(C(=O)NCCCN3CCOCC3)c(C)nc12. The number of aryl methyl sites for hydroxylation is 1. The Balaban J connectivity index is 1.61. The molecule has 136 valence electrons. The summed E-state index contributed by atoms with van der Waals surface area (Å²) in [5.74, 6) is 0.597. The van der Waals surface area contributed by atoms with E-state index >= 15 is 0 Å². The highest BCUT2D eigenvalue weighted by Gasteiger charge is 2.18. The average Bonchev–Trinajstić information content (AvgIpc) is 2.97. The van der Waals surface area contributed by atoms with Crippen molar-refractivity contribution in [1.82, 2.24) is 19.6 Å². The van der Waals surface area contributed by atoms with Gasteiger partial charge in [0.05, 0.1) is 25.5 Å². The van der Waals surface area contributed by atoms with E-state index in [0.29, 0.717) is 35.9 Å². The van der Waals surface area contributed by atoms with E-state index in [9.17, 15) is 4.79 Å². The predicted molar refractivity (Wildman–Crippen MR) is 95.3 cm³/mol. The van der Waals surface area contributed by atoms with Gasteiger partial charge in [-0.05, 0) is 38.9 Å². The number of fused-ring (bicyclic) bond motifs is 1. The Morgan fingerprint density at radius 1 is 1.40 bits per heavy atom. The fraction of sp³-hybridized carbons (Fsp3) is 0.556. The third-order valence-electron chi connectivity index (χ3n) is 4.34. The van der Waals surface area contributed by atoms with Crippen molar-refractivity contribution >= 4 is 11.6 Å². The second kappa shape index (κ2) is 8.31. The molecule has 7 nitrogen and oxygen atoms in total. The number of amides is 1. The maximum atomic E-state index is 12.6. The molecule has 1 aliphatic rings. The van der Waals surface area contributed by atoms with Gasteiger partial charge in [-0.1, -0.05) is 0 Å². The lowest BCUT2D eigenvalue weighted by atomic mass is 10.3. The molecule has 0 spiro atoms. The van der Waals surface area contributed by atoms with Gasteiger partial charge in [-0.3, -0.25) is 14.1 Å². The zero-order chi connectivity index (χ0) is 17.6. The second-order valence-electron chi connectivity index (χ2n) is 6.11. The van der Waals surface area contributed by atoms with E-state index < -0.39 is 0 Å². The molecule has 1 fully saturated rings. The Labute approximate surface area is 147 Å². The number of rotatable bonds is 7. The fourth-order valence-corrected chi connectivity index (χ4v) is 3.11. The molecule has 3 heterocycles. The van der Waals surface area contributed by atoms with E-state index in [1.54, 1.807) is 4.40 Å². The van der Waals surface area contributed by atoms with E-state index in [2.05, 4.69) is 15.2 Å². The monoisotopic (exact) mass is 346 g/mol. The molecule has 1 aliphatic heterocycles. The molecule has 2 aromatic heterocycles. The summed E-state index contributed by atoms with van der Waals surface area (Å²) < 4.78 is 12.7. The normalized spacial score (nSPS) is 15.4. The molecule has 7 heteroatoms. The number of hydrogen-bond acceptors (Lipinski definition) is 5. The largest absolute Gasteiger partial charge is 0.490 e. The van der Waals surface area contributed by atoms with Crippen LogP contribution in [0.15, 0.2) is 18.3 Å². The lowest BCUT2D eigenvalue weighted by Gasteiger charge is -2.26. The zero-order valence-electron chi connectivity index (χ0n) is 15.0. The molecule has 25 heavy (non-hydrogen) atoms. The van der Waals surface area contributed by atoms with Crippen molar-refractivity contribution in [1.29, 1.82) is 0 Å². The second-order valence-corrected chi connectivity index (χ2v) is 6.11. The lowest BCUT2D eigenvalue weighted by Crippen LogP contribution is -2.38. The van der Waals surface area contributed by atoms with Crippen molar-refractivity contribution in [2.24, 2.45) is 0 Å². The van der Waals surface area contributed by atoms with E-state index in [1.807, 2.05) is 32.2 Å². The number of carbonyl (C=O) groups is 1. The molecular formula is C18H26N4O3. The van der Waals surface area contributed by atoms with Crippen molar-refractivity contribution in [2.45, 2.75) is 20.3 Å². The van der Waals surface area contributed by atoms with Gasteiger partial charge in [-0.25, -0.2) is 4.98 Å². The van der Waals surface area contributed by atoms with Crippen LogP contribution in [0, 0.1) is 6.92 Å². The Morgan fingerprint density at radius 2 is 2.20 bits per heavy atom. The number of carbonyl (C=O) groups excluding carboxylic acids is 1. The van der Waals surface area contributed by atoms with Gasteiger partial charge in [0.15, 0.2) is 11.4 Å². The lowest BCUT2D eigenvalue weighted by molar-refractivity contribution is 0.0374. The molecule has 3 rings (SSSR count). The number of nitrogens with one attached hydrogen (secondary N) is 1. The summed E-state index contributed by atoms with van der Waals surface area (Å²) in [6, 6.07) is 3.74. The molecule has 0 radical (unpaired) electrons. The Hall–Kier alpha value is -2.12. The number of pyridine rings is 1. The quantitative estimate of drug-likeness (QED) is 0.770. The van der Waals surface area contributed by atoms with E-state index in [-0.39, 0.29) is 5.91 Å². The van der Waals surface area contributed by atoms with Crippen LogP contribution in [0.1, 0.15) is 29.5 Å². The van der Waals surface area contributed by atoms with Crippen LogP contribution in [0.4, 0.5) is 0 Å². The van der Waals surface area contributed by atoms with E-state index in [1.165, 1.54) is 0 Å². The van der Waals surface area contributed by atoms with Crippen molar-refractivity contribution in [3.63, 3.8) is 0 Å². The van der Waals surface area contributed by atoms with Crippen LogP contribution in [0.2, 0.25) is 0 Å². The van der Waals surface area contributed by atoms with Gasteiger partial charge in [0.2, 0.25) is 0 Å². The molecule has 0 aliphatic carbocycles. The van der Waals surface area contributed by atoms with Crippen molar-refractivity contribution in [2.75, 3.05) is 46.0 Å². The van der Waals surface area contributed by atoms with E-state index in [4.69, 9.17) is 9.47 Å². The van der Waals surface area contributed by atoms with Crippen LogP contribution in [-0.4, -0.2) is 66.2 Å². The van der Waals surface area contributed by atoms with Crippen molar-refractivity contribution < 1.29 is 14.3 Å². The Bertz CT molecular complexity index is 722. The highest BCUT2D eigenvalue weighted by molar-refractivity contribution is 5.94. The minimum atomic E-state index is -0.0966. The van der Waals surface area contributed by atoms with Gasteiger partial charge in [-0.2, -0.15) is 0 Å². The molecule has 0 aromatic carbocycles. The van der Waals surface area contributed by atoms with Gasteiger partial charge in [-0.15, -0.1) is 0 Å². The van der Waals surface area contributed by atoms with E-state index in [0.717, 1.165) is 39.3 Å². The summed E-state index contributed by atoms with van der Waals surface area (Å²) in [7, 11) is 0. The third-order valence-corrected chi connectivity index (χ3v) is 4.34. The molecular weight excluding hydrogens is 320 g/mol. The van der Waals surface area contributed by atoms with Crippen LogP contribution in [-0.2, 0) is 4.74 Å². The average molecular weight is 346 g/mol. The van der Waals surface area contributed by atoms with Gasteiger partial charge in [0, 0.05) is 25.8 Å². The van der Waals surface area contributed by atoms with Crippen LogP contribution in [0.25, 0.3) is 5.65 Å².